The van der Waals surface area contributed by atoms with E-state index in [-0.39, 0.29) is 12.1 Å². The van der Waals surface area contributed by atoms with Crippen LogP contribution in [-0.4, -0.2) is 61.8 Å². The average molecular weight is 449 g/mol. The van der Waals surface area contributed by atoms with Crippen LogP contribution in [-0.2, 0) is 4.74 Å². The maximum absolute atomic E-state index is 12.6. The number of anilines is 1. The zero-order valence-electron chi connectivity index (χ0n) is 20.1. The van der Waals surface area contributed by atoms with E-state index in [1.165, 1.54) is 18.4 Å². The highest BCUT2D eigenvalue weighted by Gasteiger charge is 2.34. The second-order valence-electron chi connectivity index (χ2n) is 10.3. The second-order valence-corrected chi connectivity index (χ2v) is 10.3. The Balaban J connectivity index is 1.50. The number of hydrogen-bond donors (Lipinski definition) is 0. The van der Waals surface area contributed by atoms with Crippen molar-refractivity contribution in [3.05, 3.63) is 42.1 Å². The molecule has 0 N–H and O–H groups in total. The molecule has 8 heteroatoms. The number of rotatable bonds is 3. The summed E-state index contributed by atoms with van der Waals surface area (Å²) in [5.74, 6) is 1.51. The van der Waals surface area contributed by atoms with Crippen LogP contribution in [0.1, 0.15) is 57.6 Å². The molecule has 0 spiro atoms. The lowest BCUT2D eigenvalue weighted by Gasteiger charge is -2.41. The van der Waals surface area contributed by atoms with Crippen LogP contribution in [0.4, 0.5) is 10.6 Å². The summed E-state index contributed by atoms with van der Waals surface area (Å²) >= 11 is 0. The minimum atomic E-state index is -0.497. The third-order valence-corrected chi connectivity index (χ3v) is 6.30. The van der Waals surface area contributed by atoms with Gasteiger partial charge < -0.3 is 14.5 Å². The van der Waals surface area contributed by atoms with E-state index in [0.29, 0.717) is 25.6 Å². The summed E-state index contributed by atoms with van der Waals surface area (Å²) in [4.78, 5) is 30.6. The smallest absolute Gasteiger partial charge is 0.410 e. The van der Waals surface area contributed by atoms with Crippen LogP contribution in [0.2, 0.25) is 0 Å². The maximum atomic E-state index is 12.6. The Labute approximate surface area is 194 Å². The van der Waals surface area contributed by atoms with Gasteiger partial charge in [0.15, 0.2) is 0 Å². The van der Waals surface area contributed by atoms with Crippen LogP contribution in [0.25, 0.3) is 16.7 Å². The van der Waals surface area contributed by atoms with E-state index in [2.05, 4.69) is 40.6 Å². The van der Waals surface area contributed by atoms with Crippen molar-refractivity contribution < 1.29 is 9.53 Å². The summed E-state index contributed by atoms with van der Waals surface area (Å²) in [6.07, 6.45) is 9.76. The Hall–Kier alpha value is -3.16. The Morgan fingerprint density at radius 3 is 2.61 bits per heavy atom. The molecule has 3 aromatic rings. The van der Waals surface area contributed by atoms with Crippen LogP contribution in [0.15, 0.2) is 31.0 Å². The summed E-state index contributed by atoms with van der Waals surface area (Å²) in [6, 6.07) is 2.24. The van der Waals surface area contributed by atoms with Gasteiger partial charge in [-0.1, -0.05) is 0 Å². The van der Waals surface area contributed by atoms with Gasteiger partial charge in [0.25, 0.3) is 0 Å². The van der Waals surface area contributed by atoms with Gasteiger partial charge in [-0.2, -0.15) is 0 Å². The first kappa shape index (κ1) is 21.7. The first-order chi connectivity index (χ1) is 15.7. The van der Waals surface area contributed by atoms with Crippen molar-refractivity contribution in [2.24, 2.45) is 0 Å². The van der Waals surface area contributed by atoms with E-state index >= 15 is 0 Å². The first-order valence-corrected chi connectivity index (χ1v) is 11.7. The van der Waals surface area contributed by atoms with E-state index in [0.717, 1.165) is 28.1 Å². The predicted octanol–water partition coefficient (Wildman–Crippen LogP) is 4.45. The fourth-order valence-corrected chi connectivity index (χ4v) is 4.63. The zero-order chi connectivity index (χ0) is 23.3. The van der Waals surface area contributed by atoms with Gasteiger partial charge in [-0.15, -0.1) is 0 Å². The average Bonchev–Trinajstić information content (AvgIpc) is 3.52. The number of nitrogens with zero attached hydrogens (tertiary/aromatic N) is 6. The molecule has 1 aliphatic carbocycles. The summed E-state index contributed by atoms with van der Waals surface area (Å²) in [6.45, 7) is 11.8. The largest absolute Gasteiger partial charge is 0.444 e. The molecule has 174 valence electrons. The molecule has 1 saturated carbocycles. The lowest BCUT2D eigenvalue weighted by molar-refractivity contribution is 0.0218. The Bertz CT molecular complexity index is 1190. The summed E-state index contributed by atoms with van der Waals surface area (Å²) in [7, 11) is 0. The molecule has 0 aromatic carbocycles. The van der Waals surface area contributed by atoms with Crippen LogP contribution >= 0.6 is 0 Å². The van der Waals surface area contributed by atoms with Crippen LogP contribution in [0, 0.1) is 6.92 Å². The number of carbonyl (C=O) groups excluding carboxylic acids is 1. The second kappa shape index (κ2) is 8.01. The molecule has 33 heavy (non-hydrogen) atoms. The van der Waals surface area contributed by atoms with Gasteiger partial charge in [0.1, 0.15) is 23.4 Å². The molecule has 1 saturated heterocycles. The molecule has 2 fully saturated rings. The molecule has 4 heterocycles. The fourth-order valence-electron chi connectivity index (χ4n) is 4.63. The molecule has 0 bridgehead atoms. The standard InChI is InChI=1S/C25H32N6O2/c1-16-10-19(12-26-11-16)31-14-20(18-6-7-18)21-22(27-15-28-23(21)31)30-9-8-29(13-17(30)2)24(32)33-25(3,4)5/h10-12,14-15,17-18H,6-9,13H2,1-5H3. The molecular weight excluding hydrogens is 416 g/mol. The predicted molar refractivity (Wildman–Crippen MR) is 128 cm³/mol. The third kappa shape index (κ3) is 4.26. The van der Waals surface area contributed by atoms with E-state index < -0.39 is 5.60 Å². The lowest BCUT2D eigenvalue weighted by Crippen LogP contribution is -2.54. The molecular formula is C25H32N6O2. The number of fused-ring (bicyclic) bond motifs is 1. The number of aromatic nitrogens is 4. The topological polar surface area (TPSA) is 76.4 Å². The number of carbonyl (C=O) groups is 1. The molecule has 5 rings (SSSR count). The molecule has 1 atom stereocenters. The lowest BCUT2D eigenvalue weighted by atomic mass is 10.1. The quantitative estimate of drug-likeness (QED) is 0.589. The number of pyridine rings is 1. The van der Waals surface area contributed by atoms with E-state index in [1.54, 1.807) is 11.2 Å². The van der Waals surface area contributed by atoms with Gasteiger partial charge in [-0.3, -0.25) is 9.55 Å². The van der Waals surface area contributed by atoms with E-state index in [9.17, 15) is 4.79 Å². The fraction of sp³-hybridized carbons (Fsp3) is 0.520. The highest BCUT2D eigenvalue weighted by Crippen LogP contribution is 2.46. The minimum absolute atomic E-state index is 0.111. The summed E-state index contributed by atoms with van der Waals surface area (Å²) < 4.78 is 7.74. The monoisotopic (exact) mass is 448 g/mol. The summed E-state index contributed by atoms with van der Waals surface area (Å²) in [5, 5.41) is 1.12. The van der Waals surface area contributed by atoms with Crippen molar-refractivity contribution >= 4 is 22.9 Å². The Kier molecular flexibility index (Phi) is 5.26. The zero-order valence-corrected chi connectivity index (χ0v) is 20.1. The van der Waals surface area contributed by atoms with Gasteiger partial charge in [0.05, 0.1) is 17.3 Å². The van der Waals surface area contributed by atoms with Crippen molar-refractivity contribution in [1.82, 2.24) is 24.4 Å². The van der Waals surface area contributed by atoms with Crippen molar-refractivity contribution in [2.45, 2.75) is 65.0 Å². The molecule has 1 amide bonds. The van der Waals surface area contributed by atoms with Gasteiger partial charge in [-0.25, -0.2) is 14.8 Å². The van der Waals surface area contributed by atoms with Gasteiger partial charge in [0, 0.05) is 38.1 Å². The Morgan fingerprint density at radius 1 is 1.15 bits per heavy atom. The van der Waals surface area contributed by atoms with E-state index in [4.69, 9.17) is 14.7 Å². The Morgan fingerprint density at radius 2 is 1.94 bits per heavy atom. The first-order valence-electron chi connectivity index (χ1n) is 11.7. The molecule has 1 aliphatic heterocycles. The number of hydrogen-bond acceptors (Lipinski definition) is 6. The number of piperazine rings is 1. The highest BCUT2D eigenvalue weighted by molar-refractivity contribution is 5.93. The number of amides is 1. The molecule has 0 radical (unpaired) electrons. The third-order valence-electron chi connectivity index (χ3n) is 6.30. The molecule has 8 nitrogen and oxygen atoms in total. The van der Waals surface area contributed by atoms with E-state index in [1.807, 2.05) is 33.2 Å². The van der Waals surface area contributed by atoms with Gasteiger partial charge in [-0.05, 0) is 70.6 Å². The molecule has 3 aromatic heterocycles. The molecule has 2 aliphatic rings. The number of ether oxygens (including phenoxy) is 1. The van der Waals surface area contributed by atoms with Crippen molar-refractivity contribution in [3.8, 4) is 5.69 Å². The summed E-state index contributed by atoms with van der Waals surface area (Å²) in [5.41, 5.74) is 3.85. The van der Waals surface area contributed by atoms with Gasteiger partial charge in [0.2, 0.25) is 0 Å². The van der Waals surface area contributed by atoms with Gasteiger partial charge >= 0.3 is 6.09 Å². The minimum Gasteiger partial charge on any atom is -0.444 e. The maximum Gasteiger partial charge on any atom is 0.410 e. The normalized spacial score (nSPS) is 19.2. The SMILES string of the molecule is Cc1cncc(-n2cc(C3CC3)c3c(N4CCN(C(=O)OC(C)(C)C)CC4C)ncnc32)c1. The van der Waals surface area contributed by atoms with Crippen molar-refractivity contribution in [3.63, 3.8) is 0 Å². The molecule has 1 unspecified atom stereocenters. The van der Waals surface area contributed by atoms with Crippen molar-refractivity contribution in [2.75, 3.05) is 24.5 Å². The van der Waals surface area contributed by atoms with Crippen LogP contribution < -0.4 is 4.90 Å². The van der Waals surface area contributed by atoms with Crippen LogP contribution in [0.3, 0.4) is 0 Å². The highest BCUT2D eigenvalue weighted by atomic mass is 16.6. The number of aryl methyl sites for hydroxylation is 1. The van der Waals surface area contributed by atoms with Crippen LogP contribution in [0.5, 0.6) is 0 Å². The van der Waals surface area contributed by atoms with Crippen molar-refractivity contribution in [1.29, 1.82) is 0 Å².